The second kappa shape index (κ2) is 10.7. The molecule has 0 saturated heterocycles. The number of carboxylic acids is 1. The fraction of sp³-hybridized carbons (Fsp3) is 0.741. The molecule has 0 bridgehead atoms. The van der Waals surface area contributed by atoms with Gasteiger partial charge in [-0.1, -0.05) is 63.5 Å². The molecule has 3 heteroatoms. The third-order valence-corrected chi connectivity index (χ3v) is 7.96. The molecular weight excluding hydrogens is 372 g/mol. The molecule has 3 atom stereocenters. The normalized spacial score (nSPS) is 28.1. The van der Waals surface area contributed by atoms with Gasteiger partial charge < -0.3 is 9.84 Å². The zero-order chi connectivity index (χ0) is 20.8. The van der Waals surface area contributed by atoms with Crippen molar-refractivity contribution in [2.75, 3.05) is 0 Å². The van der Waals surface area contributed by atoms with E-state index in [0.29, 0.717) is 18.4 Å². The molecule has 1 heterocycles. The van der Waals surface area contributed by atoms with E-state index < -0.39 is 5.97 Å². The van der Waals surface area contributed by atoms with E-state index in [4.69, 9.17) is 9.84 Å². The number of ether oxygens (including phenoxy) is 1. The van der Waals surface area contributed by atoms with Gasteiger partial charge in [-0.05, 0) is 79.9 Å². The highest BCUT2D eigenvalue weighted by Gasteiger charge is 2.32. The lowest BCUT2D eigenvalue weighted by Gasteiger charge is -2.35. The van der Waals surface area contributed by atoms with Gasteiger partial charge in [0, 0.05) is 6.42 Å². The highest BCUT2D eigenvalue weighted by atomic mass is 16.5. The van der Waals surface area contributed by atoms with Crippen molar-refractivity contribution < 1.29 is 14.6 Å². The Morgan fingerprint density at radius 2 is 1.73 bits per heavy atom. The molecule has 3 nitrogen and oxygen atoms in total. The van der Waals surface area contributed by atoms with E-state index >= 15 is 0 Å². The smallest absolute Gasteiger partial charge is 0.303 e. The Hall–Kier alpha value is -1.51. The van der Waals surface area contributed by atoms with Gasteiger partial charge in [0.05, 0.1) is 0 Å². The van der Waals surface area contributed by atoms with Gasteiger partial charge in [-0.15, -0.1) is 0 Å². The maximum Gasteiger partial charge on any atom is 0.303 e. The fourth-order valence-corrected chi connectivity index (χ4v) is 6.35. The van der Waals surface area contributed by atoms with E-state index in [9.17, 15) is 4.79 Å². The first-order valence-electron chi connectivity index (χ1n) is 12.7. The van der Waals surface area contributed by atoms with E-state index in [-0.39, 0.29) is 6.42 Å². The molecule has 166 valence electrons. The maximum absolute atomic E-state index is 10.9. The van der Waals surface area contributed by atoms with E-state index in [1.54, 1.807) is 0 Å². The third-order valence-electron chi connectivity index (χ3n) is 7.96. The number of hydrogen-bond acceptors (Lipinski definition) is 2. The highest BCUT2D eigenvalue weighted by molar-refractivity contribution is 5.67. The van der Waals surface area contributed by atoms with E-state index in [0.717, 1.165) is 29.6 Å². The third kappa shape index (κ3) is 6.02. The minimum Gasteiger partial charge on any atom is -0.490 e. The van der Waals surface area contributed by atoms with Crippen LogP contribution in [0.5, 0.6) is 5.75 Å². The summed E-state index contributed by atoms with van der Waals surface area (Å²) in [7, 11) is 0. The number of aryl methyl sites for hydroxylation is 2. The van der Waals surface area contributed by atoms with Gasteiger partial charge in [-0.3, -0.25) is 4.79 Å². The van der Waals surface area contributed by atoms with Crippen molar-refractivity contribution >= 4 is 5.97 Å². The maximum atomic E-state index is 10.9. The van der Waals surface area contributed by atoms with Crippen LogP contribution in [0.4, 0.5) is 0 Å². The molecule has 1 aromatic carbocycles. The molecule has 0 aromatic heterocycles. The number of carboxylic acid groups (broad SMARTS) is 1. The molecule has 2 fully saturated rings. The Bertz CT molecular complexity index is 689. The molecule has 4 rings (SSSR count). The second-order valence-corrected chi connectivity index (χ2v) is 10.3. The summed E-state index contributed by atoms with van der Waals surface area (Å²) in [5, 5.41) is 8.95. The number of carbonyl (C=O) groups is 1. The summed E-state index contributed by atoms with van der Waals surface area (Å²) in [4.78, 5) is 10.9. The van der Waals surface area contributed by atoms with Crippen molar-refractivity contribution in [3.05, 3.63) is 29.3 Å². The summed E-state index contributed by atoms with van der Waals surface area (Å²) in [6.45, 7) is 0. The molecule has 1 aromatic rings. The number of aliphatic carboxylic acids is 1. The summed E-state index contributed by atoms with van der Waals surface area (Å²) in [5.74, 6) is 2.94. The Balaban J connectivity index is 1.35. The highest BCUT2D eigenvalue weighted by Crippen LogP contribution is 2.41. The van der Waals surface area contributed by atoms with Crippen LogP contribution in [0, 0.1) is 17.8 Å². The predicted molar refractivity (Wildman–Crippen MR) is 121 cm³/mol. The van der Waals surface area contributed by atoms with Gasteiger partial charge in [0.15, 0.2) is 0 Å². The number of hydrogen-bond donors (Lipinski definition) is 1. The Kier molecular flexibility index (Phi) is 7.73. The van der Waals surface area contributed by atoms with Crippen LogP contribution in [0.1, 0.15) is 101 Å². The zero-order valence-electron chi connectivity index (χ0n) is 18.6. The van der Waals surface area contributed by atoms with Crippen molar-refractivity contribution in [2.24, 2.45) is 17.8 Å². The first-order valence-corrected chi connectivity index (χ1v) is 12.7. The van der Waals surface area contributed by atoms with Crippen LogP contribution in [0.15, 0.2) is 18.2 Å². The van der Waals surface area contributed by atoms with Crippen molar-refractivity contribution in [3.8, 4) is 5.75 Å². The number of rotatable bonds is 6. The van der Waals surface area contributed by atoms with Gasteiger partial charge in [-0.2, -0.15) is 0 Å². The van der Waals surface area contributed by atoms with Crippen LogP contribution >= 0.6 is 0 Å². The molecule has 0 radical (unpaired) electrons. The number of benzene rings is 1. The second-order valence-electron chi connectivity index (χ2n) is 10.3. The summed E-state index contributed by atoms with van der Waals surface area (Å²) in [6.07, 6.45) is 20.3. The SMILES string of the molecule is O=C(O)CCc1ccc2c(c1)CCCC(C1CCCC(CC3CCCCCC3)C1)O2. The van der Waals surface area contributed by atoms with Gasteiger partial charge in [0.1, 0.15) is 11.9 Å². The predicted octanol–water partition coefficient (Wildman–Crippen LogP) is 6.95. The fourth-order valence-electron chi connectivity index (χ4n) is 6.35. The van der Waals surface area contributed by atoms with Crippen molar-refractivity contribution in [2.45, 2.75) is 109 Å². The summed E-state index contributed by atoms with van der Waals surface area (Å²) in [5.41, 5.74) is 2.41. The molecular formula is C27H40O3. The Labute approximate surface area is 182 Å². The molecule has 1 N–H and O–H groups in total. The van der Waals surface area contributed by atoms with Crippen LogP contribution in [0.3, 0.4) is 0 Å². The molecule has 1 aliphatic heterocycles. The first kappa shape index (κ1) is 21.7. The van der Waals surface area contributed by atoms with Gasteiger partial charge in [-0.25, -0.2) is 0 Å². The van der Waals surface area contributed by atoms with E-state index in [1.165, 1.54) is 89.0 Å². The monoisotopic (exact) mass is 412 g/mol. The summed E-state index contributed by atoms with van der Waals surface area (Å²) < 4.78 is 6.62. The quantitative estimate of drug-likeness (QED) is 0.514. The van der Waals surface area contributed by atoms with Crippen LogP contribution in [-0.2, 0) is 17.6 Å². The molecule has 0 spiro atoms. The molecule has 3 aliphatic rings. The number of fused-ring (bicyclic) bond motifs is 1. The average Bonchev–Trinajstić information content (AvgIpc) is 3.13. The topological polar surface area (TPSA) is 46.5 Å². The molecule has 2 saturated carbocycles. The summed E-state index contributed by atoms with van der Waals surface area (Å²) >= 11 is 0. The standard InChI is InChI=1S/C27H40O3/c28-27(29)16-14-21-13-15-26-23(18-21)11-6-12-25(30-26)24-10-5-9-22(19-24)17-20-7-3-1-2-4-8-20/h13,15,18,20,22,24-25H,1-12,14,16-17,19H2,(H,28,29). The lowest BCUT2D eigenvalue weighted by molar-refractivity contribution is -0.136. The van der Waals surface area contributed by atoms with Crippen molar-refractivity contribution in [1.29, 1.82) is 0 Å². The van der Waals surface area contributed by atoms with Crippen LogP contribution < -0.4 is 4.74 Å². The molecule has 30 heavy (non-hydrogen) atoms. The zero-order valence-corrected chi connectivity index (χ0v) is 18.6. The molecule has 0 amide bonds. The average molecular weight is 413 g/mol. The van der Waals surface area contributed by atoms with E-state index in [2.05, 4.69) is 18.2 Å². The van der Waals surface area contributed by atoms with Gasteiger partial charge >= 0.3 is 5.97 Å². The summed E-state index contributed by atoms with van der Waals surface area (Å²) in [6, 6.07) is 6.37. The molecule has 2 aliphatic carbocycles. The minimum atomic E-state index is -0.725. The Morgan fingerprint density at radius 1 is 0.933 bits per heavy atom. The van der Waals surface area contributed by atoms with Crippen molar-refractivity contribution in [3.63, 3.8) is 0 Å². The first-order chi connectivity index (χ1) is 14.7. The Morgan fingerprint density at radius 3 is 2.53 bits per heavy atom. The van der Waals surface area contributed by atoms with E-state index in [1.807, 2.05) is 0 Å². The largest absolute Gasteiger partial charge is 0.490 e. The van der Waals surface area contributed by atoms with Crippen LogP contribution in [0.2, 0.25) is 0 Å². The van der Waals surface area contributed by atoms with Gasteiger partial charge in [0.25, 0.3) is 0 Å². The van der Waals surface area contributed by atoms with Crippen molar-refractivity contribution in [1.82, 2.24) is 0 Å². The molecule has 3 unspecified atom stereocenters. The van der Waals surface area contributed by atoms with Gasteiger partial charge in [0.2, 0.25) is 0 Å². The lowest BCUT2D eigenvalue weighted by atomic mass is 9.73. The van der Waals surface area contributed by atoms with Crippen LogP contribution in [-0.4, -0.2) is 17.2 Å². The lowest BCUT2D eigenvalue weighted by Crippen LogP contribution is -2.31. The van der Waals surface area contributed by atoms with Crippen LogP contribution in [0.25, 0.3) is 0 Å². The minimum absolute atomic E-state index is 0.201.